The first-order valence-corrected chi connectivity index (χ1v) is 10.2. The number of benzene rings is 1. The van der Waals surface area contributed by atoms with Crippen molar-refractivity contribution in [1.82, 2.24) is 15.5 Å². The summed E-state index contributed by atoms with van der Waals surface area (Å²) >= 11 is 0. The average Bonchev–Trinajstić information content (AvgIpc) is 3.21. The van der Waals surface area contributed by atoms with Gasteiger partial charge in [-0.15, -0.1) is 0 Å². The molecule has 5 nitrogen and oxygen atoms in total. The lowest BCUT2D eigenvalue weighted by Gasteiger charge is -2.23. The molecule has 0 amide bonds. The van der Waals surface area contributed by atoms with Crippen LogP contribution in [0.25, 0.3) is 0 Å². The molecule has 2 rings (SSSR count). The summed E-state index contributed by atoms with van der Waals surface area (Å²) in [5, 5.41) is 6.98. The van der Waals surface area contributed by atoms with Gasteiger partial charge in [0.2, 0.25) is 0 Å². The SMILES string of the molecule is CCCN(CC)CCNC(=NC)NC(C)c1cccc(N2CCCC2)c1. The molecule has 0 aliphatic carbocycles. The zero-order valence-electron chi connectivity index (χ0n) is 17.1. The molecule has 26 heavy (non-hydrogen) atoms. The van der Waals surface area contributed by atoms with Crippen molar-refractivity contribution in [3.8, 4) is 0 Å². The number of aliphatic imine (C=N–C) groups is 1. The van der Waals surface area contributed by atoms with Crippen LogP contribution < -0.4 is 15.5 Å². The van der Waals surface area contributed by atoms with Gasteiger partial charge in [-0.2, -0.15) is 0 Å². The average molecular weight is 360 g/mol. The number of likely N-dealkylation sites (N-methyl/N-ethyl adjacent to an activating group) is 1. The van der Waals surface area contributed by atoms with Crippen LogP contribution >= 0.6 is 0 Å². The molecule has 1 atom stereocenters. The number of nitrogens with zero attached hydrogens (tertiary/aromatic N) is 3. The number of guanidine groups is 1. The van der Waals surface area contributed by atoms with Crippen LogP contribution in [0.3, 0.4) is 0 Å². The summed E-state index contributed by atoms with van der Waals surface area (Å²) in [4.78, 5) is 9.33. The highest BCUT2D eigenvalue weighted by atomic mass is 15.2. The fourth-order valence-electron chi connectivity index (χ4n) is 3.53. The number of anilines is 1. The molecule has 0 aromatic heterocycles. The van der Waals surface area contributed by atoms with E-state index >= 15 is 0 Å². The Morgan fingerprint density at radius 1 is 1.23 bits per heavy atom. The van der Waals surface area contributed by atoms with Gasteiger partial charge in [-0.3, -0.25) is 4.99 Å². The monoisotopic (exact) mass is 359 g/mol. The van der Waals surface area contributed by atoms with Gasteiger partial charge in [-0.05, 0) is 57.0 Å². The van der Waals surface area contributed by atoms with Crippen molar-refractivity contribution in [3.63, 3.8) is 0 Å². The van der Waals surface area contributed by atoms with Crippen LogP contribution in [0.1, 0.15) is 51.6 Å². The molecule has 1 aromatic rings. The molecule has 0 saturated carbocycles. The van der Waals surface area contributed by atoms with Gasteiger partial charge in [0.1, 0.15) is 0 Å². The molecule has 1 unspecified atom stereocenters. The first-order chi connectivity index (χ1) is 12.7. The quantitative estimate of drug-likeness (QED) is 0.525. The van der Waals surface area contributed by atoms with Gasteiger partial charge in [-0.1, -0.05) is 26.0 Å². The third-order valence-corrected chi connectivity index (χ3v) is 5.13. The van der Waals surface area contributed by atoms with Gasteiger partial charge in [0.25, 0.3) is 0 Å². The number of nitrogens with one attached hydrogen (secondary N) is 2. The standard InChI is InChI=1S/C21H37N5/c1-5-13-25(6-2)16-12-23-21(22-4)24-18(3)19-10-9-11-20(17-19)26-14-7-8-15-26/h9-11,17-18H,5-8,12-16H2,1-4H3,(H2,22,23,24). The van der Waals surface area contributed by atoms with Gasteiger partial charge in [-0.25, -0.2) is 0 Å². The van der Waals surface area contributed by atoms with Crippen molar-refractivity contribution >= 4 is 11.6 Å². The predicted molar refractivity (Wildman–Crippen MR) is 113 cm³/mol. The maximum atomic E-state index is 4.39. The van der Waals surface area contributed by atoms with Crippen molar-refractivity contribution in [2.75, 3.05) is 51.2 Å². The minimum Gasteiger partial charge on any atom is -0.372 e. The van der Waals surface area contributed by atoms with Crippen molar-refractivity contribution in [1.29, 1.82) is 0 Å². The Bertz CT molecular complexity index is 551. The van der Waals surface area contributed by atoms with E-state index in [9.17, 15) is 0 Å². The molecule has 0 radical (unpaired) electrons. The highest BCUT2D eigenvalue weighted by Crippen LogP contribution is 2.23. The summed E-state index contributed by atoms with van der Waals surface area (Å²) in [6.07, 6.45) is 3.81. The van der Waals surface area contributed by atoms with Crippen LogP contribution in [0.5, 0.6) is 0 Å². The Balaban J connectivity index is 1.86. The minimum atomic E-state index is 0.224. The molecular weight excluding hydrogens is 322 g/mol. The van der Waals surface area contributed by atoms with E-state index in [1.807, 2.05) is 7.05 Å². The Labute approximate surface area is 159 Å². The van der Waals surface area contributed by atoms with E-state index in [1.165, 1.54) is 43.6 Å². The van der Waals surface area contributed by atoms with Crippen molar-refractivity contribution in [2.24, 2.45) is 4.99 Å². The Hall–Kier alpha value is -1.75. The maximum absolute atomic E-state index is 4.39. The molecule has 1 aliphatic heterocycles. The predicted octanol–water partition coefficient (Wildman–Crippen LogP) is 3.24. The minimum absolute atomic E-state index is 0.224. The summed E-state index contributed by atoms with van der Waals surface area (Å²) in [6, 6.07) is 9.13. The van der Waals surface area contributed by atoms with E-state index in [4.69, 9.17) is 0 Å². The van der Waals surface area contributed by atoms with Gasteiger partial charge in [0, 0.05) is 38.9 Å². The van der Waals surface area contributed by atoms with Crippen LogP contribution in [-0.2, 0) is 0 Å². The van der Waals surface area contributed by atoms with E-state index in [0.717, 1.165) is 32.1 Å². The zero-order chi connectivity index (χ0) is 18.8. The van der Waals surface area contributed by atoms with Crippen LogP contribution in [-0.4, -0.2) is 57.2 Å². The molecule has 1 aromatic carbocycles. The van der Waals surface area contributed by atoms with Crippen molar-refractivity contribution < 1.29 is 0 Å². The second-order valence-corrected chi connectivity index (χ2v) is 7.09. The van der Waals surface area contributed by atoms with E-state index < -0.39 is 0 Å². The second-order valence-electron chi connectivity index (χ2n) is 7.09. The molecular formula is C21H37N5. The Kier molecular flexibility index (Phi) is 8.75. The van der Waals surface area contributed by atoms with E-state index in [2.05, 4.69) is 70.5 Å². The van der Waals surface area contributed by atoms with Gasteiger partial charge < -0.3 is 20.4 Å². The molecule has 1 heterocycles. The summed E-state index contributed by atoms with van der Waals surface area (Å²) < 4.78 is 0. The molecule has 5 heteroatoms. The number of rotatable bonds is 9. The molecule has 1 saturated heterocycles. The van der Waals surface area contributed by atoms with Crippen molar-refractivity contribution in [2.45, 2.75) is 46.1 Å². The first kappa shape index (κ1) is 20.6. The number of hydrogen-bond donors (Lipinski definition) is 2. The smallest absolute Gasteiger partial charge is 0.191 e. The lowest BCUT2D eigenvalue weighted by atomic mass is 10.1. The molecule has 1 fully saturated rings. The van der Waals surface area contributed by atoms with Crippen molar-refractivity contribution in [3.05, 3.63) is 29.8 Å². The summed E-state index contributed by atoms with van der Waals surface area (Å²) in [5.74, 6) is 0.872. The van der Waals surface area contributed by atoms with Gasteiger partial charge in [0.15, 0.2) is 5.96 Å². The molecule has 1 aliphatic rings. The maximum Gasteiger partial charge on any atom is 0.191 e. The molecule has 0 spiro atoms. The Morgan fingerprint density at radius 2 is 2.00 bits per heavy atom. The second kappa shape index (κ2) is 11.1. The fourth-order valence-corrected chi connectivity index (χ4v) is 3.53. The van der Waals surface area contributed by atoms with E-state index in [1.54, 1.807) is 0 Å². The third-order valence-electron chi connectivity index (χ3n) is 5.13. The summed E-state index contributed by atoms with van der Waals surface area (Å²) in [6.45, 7) is 13.2. The lowest BCUT2D eigenvalue weighted by Crippen LogP contribution is -2.42. The fraction of sp³-hybridized carbons (Fsp3) is 0.667. The number of hydrogen-bond acceptors (Lipinski definition) is 3. The molecule has 146 valence electrons. The molecule has 2 N–H and O–H groups in total. The Morgan fingerprint density at radius 3 is 2.65 bits per heavy atom. The van der Waals surface area contributed by atoms with Gasteiger partial charge in [0.05, 0.1) is 6.04 Å². The van der Waals surface area contributed by atoms with E-state index in [0.29, 0.717) is 0 Å². The molecule has 0 bridgehead atoms. The normalized spacial score (nSPS) is 16.2. The topological polar surface area (TPSA) is 42.9 Å². The van der Waals surface area contributed by atoms with Crippen LogP contribution in [0.2, 0.25) is 0 Å². The van der Waals surface area contributed by atoms with Crippen LogP contribution in [0.15, 0.2) is 29.3 Å². The summed E-state index contributed by atoms with van der Waals surface area (Å²) in [5.41, 5.74) is 2.65. The highest BCUT2D eigenvalue weighted by Gasteiger charge is 2.14. The lowest BCUT2D eigenvalue weighted by molar-refractivity contribution is 0.293. The van der Waals surface area contributed by atoms with E-state index in [-0.39, 0.29) is 6.04 Å². The third kappa shape index (κ3) is 6.20. The highest BCUT2D eigenvalue weighted by molar-refractivity contribution is 5.80. The largest absolute Gasteiger partial charge is 0.372 e. The first-order valence-electron chi connectivity index (χ1n) is 10.2. The van der Waals surface area contributed by atoms with Crippen LogP contribution in [0, 0.1) is 0 Å². The zero-order valence-corrected chi connectivity index (χ0v) is 17.1. The van der Waals surface area contributed by atoms with Crippen LogP contribution in [0.4, 0.5) is 5.69 Å². The van der Waals surface area contributed by atoms with Gasteiger partial charge >= 0.3 is 0 Å². The summed E-state index contributed by atoms with van der Waals surface area (Å²) in [7, 11) is 1.84.